The number of nitrogens with one attached hydrogen (secondary N) is 1. The highest BCUT2D eigenvalue weighted by molar-refractivity contribution is 7.15. The number of piperidine rings is 1. The summed E-state index contributed by atoms with van der Waals surface area (Å²) in [6.07, 6.45) is -2.43. The molecule has 0 radical (unpaired) electrons. The Hall–Kier alpha value is -2.43. The molecular formula is C19H20F4N4O2S. The number of amides is 1. The van der Waals surface area contributed by atoms with Gasteiger partial charge in [-0.3, -0.25) is 4.79 Å². The molecule has 1 amide bonds. The van der Waals surface area contributed by atoms with E-state index in [2.05, 4.69) is 15.5 Å². The van der Waals surface area contributed by atoms with E-state index in [-0.39, 0.29) is 12.3 Å². The zero-order valence-corrected chi connectivity index (χ0v) is 16.9. The van der Waals surface area contributed by atoms with Gasteiger partial charge in [-0.15, -0.1) is 10.2 Å². The Bertz CT molecular complexity index is 931. The van der Waals surface area contributed by atoms with Gasteiger partial charge in [-0.25, -0.2) is 4.39 Å². The van der Waals surface area contributed by atoms with Crippen LogP contribution in [0.4, 0.5) is 22.7 Å². The van der Waals surface area contributed by atoms with E-state index in [1.165, 1.54) is 30.6 Å². The van der Waals surface area contributed by atoms with Crippen molar-refractivity contribution in [3.63, 3.8) is 0 Å². The van der Waals surface area contributed by atoms with E-state index >= 15 is 0 Å². The lowest BCUT2D eigenvalue weighted by Gasteiger charge is -2.39. The van der Waals surface area contributed by atoms with Crippen LogP contribution in [0.2, 0.25) is 0 Å². The molecule has 1 aliphatic carbocycles. The van der Waals surface area contributed by atoms with Crippen LogP contribution in [0.5, 0.6) is 5.75 Å². The SMILES string of the molecule is COc1ccc(C2CCN(c3nnc(C4CC4)s3)CC2NC(=O)C(F)(F)F)cc1F. The Labute approximate surface area is 174 Å². The predicted octanol–water partition coefficient (Wildman–Crippen LogP) is 3.60. The summed E-state index contributed by atoms with van der Waals surface area (Å²) < 4.78 is 57.8. The number of aromatic nitrogens is 2. The summed E-state index contributed by atoms with van der Waals surface area (Å²) in [6, 6.07) is 3.44. The van der Waals surface area contributed by atoms with Crippen molar-refractivity contribution in [3.05, 3.63) is 34.6 Å². The highest BCUT2D eigenvalue weighted by atomic mass is 32.1. The fraction of sp³-hybridized carbons (Fsp3) is 0.526. The molecule has 1 aromatic heterocycles. The normalized spacial score (nSPS) is 22.1. The Balaban J connectivity index is 1.57. The topological polar surface area (TPSA) is 67.3 Å². The van der Waals surface area contributed by atoms with Gasteiger partial charge >= 0.3 is 12.1 Å². The number of halogens is 4. The van der Waals surface area contributed by atoms with E-state index in [9.17, 15) is 22.4 Å². The number of alkyl halides is 3. The average molecular weight is 444 g/mol. The van der Waals surface area contributed by atoms with E-state index in [1.54, 1.807) is 6.07 Å². The molecular weight excluding hydrogens is 424 g/mol. The lowest BCUT2D eigenvalue weighted by molar-refractivity contribution is -0.174. The lowest BCUT2D eigenvalue weighted by atomic mass is 9.85. The van der Waals surface area contributed by atoms with E-state index in [4.69, 9.17) is 4.74 Å². The molecule has 30 heavy (non-hydrogen) atoms. The maximum absolute atomic E-state index is 14.2. The molecule has 2 heterocycles. The number of hydrogen-bond donors (Lipinski definition) is 1. The molecule has 11 heteroatoms. The van der Waals surface area contributed by atoms with Crippen LogP contribution in [0.3, 0.4) is 0 Å². The van der Waals surface area contributed by atoms with Gasteiger partial charge in [0.15, 0.2) is 11.6 Å². The van der Waals surface area contributed by atoms with Gasteiger partial charge in [0, 0.05) is 24.9 Å². The summed E-state index contributed by atoms with van der Waals surface area (Å²) in [5, 5.41) is 12.0. The number of carbonyl (C=O) groups excluding carboxylic acids is 1. The van der Waals surface area contributed by atoms with Crippen LogP contribution >= 0.6 is 11.3 Å². The smallest absolute Gasteiger partial charge is 0.471 e. The largest absolute Gasteiger partial charge is 0.494 e. The highest BCUT2D eigenvalue weighted by Crippen LogP contribution is 2.43. The first-order chi connectivity index (χ1) is 14.3. The maximum atomic E-state index is 14.2. The second-order valence-electron chi connectivity index (χ2n) is 7.51. The van der Waals surface area contributed by atoms with Crippen molar-refractivity contribution in [3.8, 4) is 5.75 Å². The van der Waals surface area contributed by atoms with Gasteiger partial charge < -0.3 is 15.0 Å². The minimum Gasteiger partial charge on any atom is -0.494 e. The number of nitrogens with zero attached hydrogens (tertiary/aromatic N) is 3. The molecule has 2 aliphatic rings. The van der Waals surface area contributed by atoms with Crippen molar-refractivity contribution in [2.45, 2.75) is 43.3 Å². The maximum Gasteiger partial charge on any atom is 0.471 e. The molecule has 2 unspecified atom stereocenters. The molecule has 2 atom stereocenters. The van der Waals surface area contributed by atoms with Crippen molar-refractivity contribution in [2.75, 3.05) is 25.1 Å². The van der Waals surface area contributed by atoms with Gasteiger partial charge in [0.1, 0.15) is 5.01 Å². The van der Waals surface area contributed by atoms with Crippen molar-refractivity contribution in [1.82, 2.24) is 15.5 Å². The molecule has 1 saturated carbocycles. The third-order valence-electron chi connectivity index (χ3n) is 5.42. The second-order valence-corrected chi connectivity index (χ2v) is 8.50. The van der Waals surface area contributed by atoms with Gasteiger partial charge in [-0.1, -0.05) is 17.4 Å². The summed E-state index contributed by atoms with van der Waals surface area (Å²) in [5.41, 5.74) is 0.511. The van der Waals surface area contributed by atoms with Crippen LogP contribution in [-0.4, -0.2) is 48.5 Å². The zero-order valence-electron chi connectivity index (χ0n) is 16.1. The predicted molar refractivity (Wildman–Crippen MR) is 102 cm³/mol. The first-order valence-electron chi connectivity index (χ1n) is 9.55. The number of hydrogen-bond acceptors (Lipinski definition) is 6. The summed E-state index contributed by atoms with van der Waals surface area (Å²) in [7, 11) is 1.33. The number of rotatable bonds is 5. The number of ether oxygens (including phenoxy) is 1. The Morgan fingerprint density at radius 1 is 1.27 bits per heavy atom. The Kier molecular flexibility index (Phi) is 5.56. The molecule has 0 bridgehead atoms. The van der Waals surface area contributed by atoms with Crippen LogP contribution in [-0.2, 0) is 4.79 Å². The minimum atomic E-state index is -5.00. The molecule has 1 aliphatic heterocycles. The Morgan fingerprint density at radius 2 is 2.03 bits per heavy atom. The van der Waals surface area contributed by atoms with E-state index in [0.29, 0.717) is 29.6 Å². The lowest BCUT2D eigenvalue weighted by Crippen LogP contribution is -2.54. The summed E-state index contributed by atoms with van der Waals surface area (Å²) in [5.74, 6) is -2.62. The van der Waals surface area contributed by atoms with Crippen LogP contribution in [0.25, 0.3) is 0 Å². The summed E-state index contributed by atoms with van der Waals surface area (Å²) in [4.78, 5) is 13.5. The summed E-state index contributed by atoms with van der Waals surface area (Å²) >= 11 is 1.43. The molecule has 162 valence electrons. The number of carbonyl (C=O) groups is 1. The first kappa shape index (κ1) is 20.8. The molecule has 1 aromatic carbocycles. The fourth-order valence-electron chi connectivity index (χ4n) is 3.68. The Morgan fingerprint density at radius 3 is 2.67 bits per heavy atom. The zero-order chi connectivity index (χ0) is 21.5. The molecule has 1 saturated heterocycles. The highest BCUT2D eigenvalue weighted by Gasteiger charge is 2.42. The fourth-order valence-corrected chi connectivity index (χ4v) is 4.73. The van der Waals surface area contributed by atoms with Crippen LogP contribution in [0.15, 0.2) is 18.2 Å². The summed E-state index contributed by atoms with van der Waals surface area (Å²) in [6.45, 7) is 0.634. The van der Waals surface area contributed by atoms with Crippen LogP contribution < -0.4 is 15.0 Å². The molecule has 0 spiro atoms. The van der Waals surface area contributed by atoms with Gasteiger partial charge in [-0.2, -0.15) is 13.2 Å². The molecule has 1 N–H and O–H groups in total. The van der Waals surface area contributed by atoms with Gasteiger partial charge in [0.05, 0.1) is 13.2 Å². The van der Waals surface area contributed by atoms with Crippen LogP contribution in [0.1, 0.15) is 41.7 Å². The van der Waals surface area contributed by atoms with Crippen molar-refractivity contribution in [1.29, 1.82) is 0 Å². The molecule has 2 fully saturated rings. The molecule has 2 aromatic rings. The number of methoxy groups -OCH3 is 1. The average Bonchev–Trinajstić information content (AvgIpc) is 3.44. The second kappa shape index (κ2) is 8.01. The van der Waals surface area contributed by atoms with Crippen molar-refractivity contribution in [2.24, 2.45) is 0 Å². The van der Waals surface area contributed by atoms with Gasteiger partial charge in [0.2, 0.25) is 5.13 Å². The quantitative estimate of drug-likeness (QED) is 0.714. The van der Waals surface area contributed by atoms with Crippen molar-refractivity contribution < 1.29 is 27.1 Å². The van der Waals surface area contributed by atoms with Crippen molar-refractivity contribution >= 4 is 22.4 Å². The van der Waals surface area contributed by atoms with E-state index in [0.717, 1.165) is 17.8 Å². The van der Waals surface area contributed by atoms with Gasteiger partial charge in [-0.05, 0) is 37.0 Å². The minimum absolute atomic E-state index is 0.0496. The standard InChI is InChI=1S/C19H20F4N4O2S/c1-29-15-5-4-11(8-13(15)20)12-6-7-27(9-14(12)24-17(28)19(21,22)23)18-26-25-16(30-18)10-2-3-10/h4-5,8,10,12,14H,2-3,6-7,9H2,1H3,(H,24,28). The number of anilines is 1. The molecule has 6 nitrogen and oxygen atoms in total. The third kappa shape index (κ3) is 4.35. The van der Waals surface area contributed by atoms with E-state index in [1.807, 2.05) is 4.90 Å². The third-order valence-corrected chi connectivity index (χ3v) is 6.56. The molecule has 4 rings (SSSR count). The van der Waals surface area contributed by atoms with E-state index < -0.39 is 29.9 Å². The number of benzene rings is 1. The monoisotopic (exact) mass is 444 g/mol. The first-order valence-corrected chi connectivity index (χ1v) is 10.4. The van der Waals surface area contributed by atoms with Crippen LogP contribution in [0, 0.1) is 5.82 Å². The van der Waals surface area contributed by atoms with Gasteiger partial charge in [0.25, 0.3) is 0 Å².